The van der Waals surface area contributed by atoms with Crippen molar-refractivity contribution >= 4 is 29.1 Å². The molecule has 5 nitrogen and oxygen atoms in total. The molecule has 1 aliphatic rings. The van der Waals surface area contributed by atoms with Crippen LogP contribution in [0.3, 0.4) is 0 Å². The molecule has 2 rings (SSSR count). The van der Waals surface area contributed by atoms with Gasteiger partial charge in [-0.05, 0) is 38.1 Å². The lowest BCUT2D eigenvalue weighted by Crippen LogP contribution is -2.57. The molecule has 0 saturated carbocycles. The normalized spacial score (nSPS) is 20.4. The first-order chi connectivity index (χ1) is 9.93. The molecule has 2 atom stereocenters. The number of hydrogen-bond acceptors (Lipinski definition) is 4. The molecule has 1 heterocycles. The van der Waals surface area contributed by atoms with Crippen LogP contribution in [-0.2, 0) is 9.59 Å². The van der Waals surface area contributed by atoms with Gasteiger partial charge in [-0.2, -0.15) is 0 Å². The van der Waals surface area contributed by atoms with Crippen molar-refractivity contribution in [2.45, 2.75) is 32.9 Å². The van der Waals surface area contributed by atoms with Gasteiger partial charge in [0.15, 0.2) is 0 Å². The minimum absolute atomic E-state index is 0.153. The van der Waals surface area contributed by atoms with Crippen molar-refractivity contribution in [3.05, 3.63) is 28.8 Å². The van der Waals surface area contributed by atoms with E-state index in [9.17, 15) is 9.59 Å². The first kappa shape index (κ1) is 15.8. The number of carbonyl (C=O) groups excluding carboxylic acids is 2. The van der Waals surface area contributed by atoms with Crippen LogP contribution in [0.15, 0.2) is 18.2 Å². The molecular weight excluding hydrogens is 290 g/mol. The Labute approximate surface area is 129 Å². The topological polar surface area (TPSA) is 61.4 Å². The third-order valence-electron chi connectivity index (χ3n) is 3.72. The van der Waals surface area contributed by atoms with Crippen LogP contribution in [0.4, 0.5) is 5.69 Å². The van der Waals surface area contributed by atoms with Gasteiger partial charge in [-0.15, -0.1) is 0 Å². The van der Waals surface area contributed by atoms with Crippen LogP contribution in [0.5, 0.6) is 0 Å². The van der Waals surface area contributed by atoms with Crippen LogP contribution < -0.4 is 15.5 Å². The SMILES string of the molecule is CCNC(C)c1ccc(N2CC(=O)NC(=O)C2C)cc1Cl. The largest absolute Gasteiger partial charge is 0.350 e. The summed E-state index contributed by atoms with van der Waals surface area (Å²) < 4.78 is 0. The van der Waals surface area contributed by atoms with Crippen LogP contribution >= 0.6 is 11.6 Å². The predicted molar refractivity (Wildman–Crippen MR) is 83.5 cm³/mol. The van der Waals surface area contributed by atoms with E-state index < -0.39 is 6.04 Å². The zero-order chi connectivity index (χ0) is 15.6. The van der Waals surface area contributed by atoms with Gasteiger partial charge in [0.05, 0.1) is 6.54 Å². The van der Waals surface area contributed by atoms with E-state index in [0.717, 1.165) is 17.8 Å². The van der Waals surface area contributed by atoms with Gasteiger partial charge < -0.3 is 10.2 Å². The summed E-state index contributed by atoms with van der Waals surface area (Å²) in [5.41, 5.74) is 1.78. The maximum Gasteiger partial charge on any atom is 0.249 e. The molecule has 114 valence electrons. The lowest BCUT2D eigenvalue weighted by molar-refractivity contribution is -0.132. The lowest BCUT2D eigenvalue weighted by atomic mass is 10.1. The Morgan fingerprint density at radius 1 is 1.48 bits per heavy atom. The molecule has 21 heavy (non-hydrogen) atoms. The highest BCUT2D eigenvalue weighted by atomic mass is 35.5. The van der Waals surface area contributed by atoms with E-state index in [2.05, 4.69) is 10.6 Å². The summed E-state index contributed by atoms with van der Waals surface area (Å²) in [6.45, 7) is 6.87. The van der Waals surface area contributed by atoms with E-state index in [1.165, 1.54) is 0 Å². The molecule has 1 aliphatic heterocycles. The number of benzene rings is 1. The maximum absolute atomic E-state index is 11.7. The summed E-state index contributed by atoms with van der Waals surface area (Å²) in [4.78, 5) is 25.0. The molecule has 6 heteroatoms. The summed E-state index contributed by atoms with van der Waals surface area (Å²) in [6.07, 6.45) is 0. The van der Waals surface area contributed by atoms with Gasteiger partial charge >= 0.3 is 0 Å². The molecule has 0 bridgehead atoms. The van der Waals surface area contributed by atoms with Gasteiger partial charge in [-0.25, -0.2) is 0 Å². The number of anilines is 1. The van der Waals surface area contributed by atoms with Gasteiger partial charge in [-0.3, -0.25) is 14.9 Å². The summed E-state index contributed by atoms with van der Waals surface area (Å²) >= 11 is 6.35. The van der Waals surface area contributed by atoms with Crippen molar-refractivity contribution in [3.8, 4) is 0 Å². The molecule has 0 aromatic heterocycles. The molecule has 0 spiro atoms. The van der Waals surface area contributed by atoms with Crippen molar-refractivity contribution in [2.75, 3.05) is 18.0 Å². The standard InChI is InChI=1S/C15H20ClN3O2/c1-4-17-9(2)12-6-5-11(7-13(12)16)19-8-14(20)18-15(21)10(19)3/h5-7,9-10,17H,4,8H2,1-3H3,(H,18,20,21). The Bertz CT molecular complexity index is 562. The van der Waals surface area contributed by atoms with Crippen LogP contribution in [0.2, 0.25) is 5.02 Å². The fourth-order valence-electron chi connectivity index (χ4n) is 2.49. The van der Waals surface area contributed by atoms with Gasteiger partial charge in [0, 0.05) is 16.8 Å². The minimum atomic E-state index is -0.393. The Kier molecular flexibility index (Phi) is 4.85. The van der Waals surface area contributed by atoms with Crippen molar-refractivity contribution < 1.29 is 9.59 Å². The van der Waals surface area contributed by atoms with Crippen molar-refractivity contribution in [1.82, 2.24) is 10.6 Å². The maximum atomic E-state index is 11.7. The Morgan fingerprint density at radius 3 is 2.81 bits per heavy atom. The molecule has 1 fully saturated rings. The number of imide groups is 1. The first-order valence-corrected chi connectivity index (χ1v) is 7.45. The zero-order valence-electron chi connectivity index (χ0n) is 12.4. The minimum Gasteiger partial charge on any atom is -0.350 e. The predicted octanol–water partition coefficient (Wildman–Crippen LogP) is 1.86. The van der Waals surface area contributed by atoms with Gasteiger partial charge in [0.2, 0.25) is 11.8 Å². The molecule has 1 aromatic rings. The van der Waals surface area contributed by atoms with Crippen molar-refractivity contribution in [3.63, 3.8) is 0 Å². The molecule has 2 amide bonds. The number of halogens is 1. The second-order valence-electron chi connectivity index (χ2n) is 5.20. The van der Waals surface area contributed by atoms with E-state index in [4.69, 9.17) is 11.6 Å². The van der Waals surface area contributed by atoms with E-state index in [1.54, 1.807) is 11.8 Å². The zero-order valence-corrected chi connectivity index (χ0v) is 13.2. The van der Waals surface area contributed by atoms with Crippen LogP contribution in [0, 0.1) is 0 Å². The summed E-state index contributed by atoms with van der Waals surface area (Å²) in [5.74, 6) is -0.577. The average molecular weight is 310 g/mol. The van der Waals surface area contributed by atoms with Crippen LogP contribution in [0.1, 0.15) is 32.4 Å². The Morgan fingerprint density at radius 2 is 2.19 bits per heavy atom. The number of amides is 2. The number of piperazine rings is 1. The number of rotatable bonds is 4. The van der Waals surface area contributed by atoms with Gasteiger partial charge in [0.1, 0.15) is 6.04 Å². The third-order valence-corrected chi connectivity index (χ3v) is 4.04. The number of nitrogens with zero attached hydrogens (tertiary/aromatic N) is 1. The molecular formula is C15H20ClN3O2. The summed E-state index contributed by atoms with van der Waals surface area (Å²) in [7, 11) is 0. The van der Waals surface area contributed by atoms with Crippen molar-refractivity contribution in [2.24, 2.45) is 0 Å². The number of carbonyl (C=O) groups is 2. The van der Waals surface area contributed by atoms with E-state index in [1.807, 2.05) is 32.0 Å². The van der Waals surface area contributed by atoms with Crippen LogP contribution in [0.25, 0.3) is 0 Å². The Balaban J connectivity index is 2.27. The van der Waals surface area contributed by atoms with Gasteiger partial charge in [-0.1, -0.05) is 24.6 Å². The fourth-order valence-corrected chi connectivity index (χ4v) is 2.83. The highest BCUT2D eigenvalue weighted by Crippen LogP contribution is 2.29. The van der Waals surface area contributed by atoms with Crippen molar-refractivity contribution in [1.29, 1.82) is 0 Å². The second-order valence-corrected chi connectivity index (χ2v) is 5.61. The highest BCUT2D eigenvalue weighted by molar-refractivity contribution is 6.31. The van der Waals surface area contributed by atoms with Crippen LogP contribution in [-0.4, -0.2) is 30.9 Å². The molecule has 2 N–H and O–H groups in total. The third kappa shape index (κ3) is 3.36. The summed E-state index contributed by atoms with van der Waals surface area (Å²) in [6, 6.07) is 5.41. The average Bonchev–Trinajstić information content (AvgIpc) is 2.42. The van der Waals surface area contributed by atoms with E-state index in [-0.39, 0.29) is 24.4 Å². The Hall–Kier alpha value is -1.59. The molecule has 0 radical (unpaired) electrons. The second kappa shape index (κ2) is 6.45. The highest BCUT2D eigenvalue weighted by Gasteiger charge is 2.30. The molecule has 1 saturated heterocycles. The first-order valence-electron chi connectivity index (χ1n) is 7.07. The van der Waals surface area contributed by atoms with E-state index >= 15 is 0 Å². The number of nitrogens with one attached hydrogen (secondary N) is 2. The quantitative estimate of drug-likeness (QED) is 0.834. The summed E-state index contributed by atoms with van der Waals surface area (Å²) in [5, 5.41) is 6.27. The fraction of sp³-hybridized carbons (Fsp3) is 0.467. The molecule has 2 unspecified atom stereocenters. The smallest absolute Gasteiger partial charge is 0.249 e. The number of hydrogen-bond donors (Lipinski definition) is 2. The molecule has 1 aromatic carbocycles. The lowest BCUT2D eigenvalue weighted by Gasteiger charge is -2.33. The van der Waals surface area contributed by atoms with E-state index in [0.29, 0.717) is 5.02 Å². The monoisotopic (exact) mass is 309 g/mol. The molecule has 0 aliphatic carbocycles. The van der Waals surface area contributed by atoms with Gasteiger partial charge in [0.25, 0.3) is 0 Å².